The molecule has 2 aliphatic carbocycles. The minimum absolute atomic E-state index is 0.100. The van der Waals surface area contributed by atoms with E-state index in [1.54, 1.807) is 0 Å². The van der Waals surface area contributed by atoms with Crippen LogP contribution in [0.5, 0.6) is 5.75 Å². The Bertz CT molecular complexity index is 550. The third-order valence-corrected chi connectivity index (χ3v) is 6.20. The van der Waals surface area contributed by atoms with Crippen molar-refractivity contribution < 1.29 is 22.3 Å². The quantitative estimate of drug-likeness (QED) is 0.546. The summed E-state index contributed by atoms with van der Waals surface area (Å²) in [6, 6.07) is 2.32. The molecule has 1 nitrogen and oxygen atoms in total. The molecule has 2 aliphatic rings. The number of hydrogen-bond acceptors (Lipinski definition) is 1. The van der Waals surface area contributed by atoms with E-state index in [-0.39, 0.29) is 5.92 Å². The lowest BCUT2D eigenvalue weighted by molar-refractivity contribution is -0.0546. The second kappa shape index (κ2) is 7.96. The van der Waals surface area contributed by atoms with Crippen LogP contribution in [0, 0.1) is 29.4 Å². The van der Waals surface area contributed by atoms with Gasteiger partial charge in [-0.2, -0.15) is 8.78 Å². The molecule has 0 aliphatic heterocycles. The summed E-state index contributed by atoms with van der Waals surface area (Å²) in [4.78, 5) is 0. The van der Waals surface area contributed by atoms with Crippen LogP contribution in [0.2, 0.25) is 0 Å². The molecule has 0 heterocycles. The molecule has 0 spiro atoms. The van der Waals surface area contributed by atoms with E-state index in [4.69, 9.17) is 0 Å². The van der Waals surface area contributed by atoms with Gasteiger partial charge in [0.2, 0.25) is 0 Å². The standard InChI is InChI=1S/C20H26F4O/c1-12-2-4-13(5-3-12)14-6-8-15(9-7-14)16-10-17(21)19(18(22)11-16)25-20(23)24/h10-15,20H,2-9H2,1H3. The fourth-order valence-corrected chi connectivity index (χ4v) is 4.70. The number of ether oxygens (including phenoxy) is 1. The molecule has 0 amide bonds. The number of hydrogen-bond donors (Lipinski definition) is 0. The normalized spacial score (nSPS) is 30.5. The van der Waals surface area contributed by atoms with Crippen molar-refractivity contribution in [3.8, 4) is 5.75 Å². The maximum Gasteiger partial charge on any atom is 0.387 e. The molecule has 0 unspecified atom stereocenters. The highest BCUT2D eigenvalue weighted by Crippen LogP contribution is 2.44. The van der Waals surface area contributed by atoms with Gasteiger partial charge >= 0.3 is 6.61 Å². The molecule has 2 saturated carbocycles. The number of alkyl halides is 2. The molecular weight excluding hydrogens is 332 g/mol. The summed E-state index contributed by atoms with van der Waals surface area (Å²) in [5, 5.41) is 0. The Kier molecular flexibility index (Phi) is 5.90. The van der Waals surface area contributed by atoms with Gasteiger partial charge in [0.1, 0.15) is 0 Å². The molecule has 0 N–H and O–H groups in total. The zero-order valence-corrected chi connectivity index (χ0v) is 14.6. The van der Waals surface area contributed by atoms with Gasteiger partial charge in [-0.3, -0.25) is 0 Å². The second-order valence-corrected chi connectivity index (χ2v) is 7.82. The summed E-state index contributed by atoms with van der Waals surface area (Å²) in [6.07, 6.45) is 9.22. The Morgan fingerprint density at radius 1 is 0.840 bits per heavy atom. The highest BCUT2D eigenvalue weighted by molar-refractivity contribution is 5.33. The van der Waals surface area contributed by atoms with E-state index in [9.17, 15) is 17.6 Å². The van der Waals surface area contributed by atoms with Crippen LogP contribution in [-0.2, 0) is 0 Å². The van der Waals surface area contributed by atoms with Gasteiger partial charge in [0, 0.05) is 0 Å². The van der Waals surface area contributed by atoms with E-state index in [0.717, 1.165) is 55.6 Å². The van der Waals surface area contributed by atoms with Gasteiger partial charge in [-0.25, -0.2) is 8.78 Å². The first-order valence-electron chi connectivity index (χ1n) is 9.37. The molecule has 3 rings (SSSR count). The minimum Gasteiger partial charge on any atom is -0.429 e. The number of halogens is 4. The SMILES string of the molecule is CC1CCC(C2CCC(c3cc(F)c(OC(F)F)c(F)c3)CC2)CC1. The molecule has 0 atom stereocenters. The van der Waals surface area contributed by atoms with Gasteiger partial charge in [0.05, 0.1) is 0 Å². The maximum atomic E-state index is 13.9. The van der Waals surface area contributed by atoms with Gasteiger partial charge in [0.25, 0.3) is 0 Å². The Hall–Kier alpha value is -1.26. The van der Waals surface area contributed by atoms with Crippen LogP contribution < -0.4 is 4.74 Å². The monoisotopic (exact) mass is 358 g/mol. The molecule has 5 heteroatoms. The zero-order chi connectivity index (χ0) is 18.0. The van der Waals surface area contributed by atoms with Crippen LogP contribution >= 0.6 is 0 Å². The summed E-state index contributed by atoms with van der Waals surface area (Å²) in [7, 11) is 0. The lowest BCUT2D eigenvalue weighted by Gasteiger charge is -2.37. The third kappa shape index (κ3) is 4.48. The molecule has 140 valence electrons. The van der Waals surface area contributed by atoms with Crippen molar-refractivity contribution in [1.29, 1.82) is 0 Å². The van der Waals surface area contributed by atoms with Crippen LogP contribution in [0.15, 0.2) is 12.1 Å². The third-order valence-electron chi connectivity index (χ3n) is 6.20. The van der Waals surface area contributed by atoms with E-state index in [1.165, 1.54) is 25.7 Å². The average molecular weight is 358 g/mol. The molecule has 0 radical (unpaired) electrons. The minimum atomic E-state index is -3.23. The summed E-state index contributed by atoms with van der Waals surface area (Å²) < 4.78 is 56.3. The highest BCUT2D eigenvalue weighted by Gasteiger charge is 2.31. The maximum absolute atomic E-state index is 13.9. The number of benzene rings is 1. The van der Waals surface area contributed by atoms with Gasteiger partial charge < -0.3 is 4.74 Å². The van der Waals surface area contributed by atoms with Crippen molar-refractivity contribution in [2.24, 2.45) is 17.8 Å². The summed E-state index contributed by atoms with van der Waals surface area (Å²) >= 11 is 0. The van der Waals surface area contributed by atoms with Crippen molar-refractivity contribution in [3.05, 3.63) is 29.3 Å². The van der Waals surface area contributed by atoms with Gasteiger partial charge in [-0.1, -0.05) is 19.8 Å². The van der Waals surface area contributed by atoms with E-state index in [0.29, 0.717) is 5.56 Å². The first-order chi connectivity index (χ1) is 11.9. The predicted octanol–water partition coefficient (Wildman–Crippen LogP) is 6.67. The largest absolute Gasteiger partial charge is 0.429 e. The van der Waals surface area contributed by atoms with Crippen LogP contribution in [0.3, 0.4) is 0 Å². The Balaban J connectivity index is 1.61. The van der Waals surface area contributed by atoms with Gasteiger partial charge in [-0.15, -0.1) is 0 Å². The first-order valence-corrected chi connectivity index (χ1v) is 9.37. The van der Waals surface area contributed by atoms with Gasteiger partial charge in [-0.05, 0) is 79.9 Å². The Morgan fingerprint density at radius 3 is 1.80 bits per heavy atom. The van der Waals surface area contributed by atoms with E-state index >= 15 is 0 Å². The summed E-state index contributed by atoms with van der Waals surface area (Å²) in [5.74, 6) is -0.607. The average Bonchev–Trinajstić information content (AvgIpc) is 2.59. The zero-order valence-electron chi connectivity index (χ0n) is 14.6. The van der Waals surface area contributed by atoms with E-state index in [2.05, 4.69) is 11.7 Å². The Labute approximate surface area is 146 Å². The predicted molar refractivity (Wildman–Crippen MR) is 88.8 cm³/mol. The van der Waals surface area contributed by atoms with E-state index < -0.39 is 24.0 Å². The Morgan fingerprint density at radius 2 is 1.32 bits per heavy atom. The van der Waals surface area contributed by atoms with Gasteiger partial charge in [0.15, 0.2) is 17.4 Å². The van der Waals surface area contributed by atoms with Crippen molar-refractivity contribution in [3.63, 3.8) is 0 Å². The van der Waals surface area contributed by atoms with Crippen LogP contribution in [0.1, 0.15) is 69.8 Å². The summed E-state index contributed by atoms with van der Waals surface area (Å²) in [5.41, 5.74) is 0.562. The van der Waals surface area contributed by atoms with Crippen LogP contribution in [0.4, 0.5) is 17.6 Å². The second-order valence-electron chi connectivity index (χ2n) is 7.82. The molecule has 0 bridgehead atoms. The van der Waals surface area contributed by atoms with Crippen molar-refractivity contribution in [2.45, 2.75) is 70.8 Å². The molecule has 0 saturated heterocycles. The molecule has 1 aromatic rings. The molecule has 2 fully saturated rings. The van der Waals surface area contributed by atoms with Crippen molar-refractivity contribution >= 4 is 0 Å². The van der Waals surface area contributed by atoms with Crippen molar-refractivity contribution in [1.82, 2.24) is 0 Å². The van der Waals surface area contributed by atoms with Crippen molar-refractivity contribution in [2.75, 3.05) is 0 Å². The highest BCUT2D eigenvalue weighted by atomic mass is 19.3. The lowest BCUT2D eigenvalue weighted by Crippen LogP contribution is -2.24. The van der Waals surface area contributed by atoms with E-state index in [1.807, 2.05) is 0 Å². The number of rotatable bonds is 4. The smallest absolute Gasteiger partial charge is 0.387 e. The van der Waals surface area contributed by atoms with Crippen LogP contribution in [-0.4, -0.2) is 6.61 Å². The topological polar surface area (TPSA) is 9.23 Å². The fraction of sp³-hybridized carbons (Fsp3) is 0.700. The molecular formula is C20H26F4O. The fourth-order valence-electron chi connectivity index (χ4n) is 4.70. The molecule has 25 heavy (non-hydrogen) atoms. The lowest BCUT2D eigenvalue weighted by atomic mass is 9.68. The first kappa shape index (κ1) is 18.5. The molecule has 1 aromatic carbocycles. The van der Waals surface area contributed by atoms with Crippen LogP contribution in [0.25, 0.3) is 0 Å². The summed E-state index contributed by atoms with van der Waals surface area (Å²) in [6.45, 7) is -0.916. The molecule has 0 aromatic heterocycles.